The van der Waals surface area contributed by atoms with Crippen molar-refractivity contribution >= 4 is 40.9 Å². The fraction of sp³-hybridized carbons (Fsp3) is 0.294. The summed E-state index contributed by atoms with van der Waals surface area (Å²) in [7, 11) is 0. The molecule has 1 atom stereocenters. The number of benzene rings is 1. The van der Waals surface area contributed by atoms with Crippen LogP contribution in [0.1, 0.15) is 18.9 Å². The molecule has 1 unspecified atom stereocenters. The van der Waals surface area contributed by atoms with E-state index >= 15 is 0 Å². The zero-order valence-corrected chi connectivity index (χ0v) is 15.3. The number of carbonyl (C=O) groups is 1. The fourth-order valence-corrected chi connectivity index (χ4v) is 4.30. The van der Waals surface area contributed by atoms with Crippen LogP contribution in [0.4, 0.5) is 11.5 Å². The van der Waals surface area contributed by atoms with Crippen LogP contribution in [0.5, 0.6) is 0 Å². The lowest BCUT2D eigenvalue weighted by Crippen LogP contribution is -2.33. The zero-order valence-electron chi connectivity index (χ0n) is 13.7. The quantitative estimate of drug-likeness (QED) is 0.654. The smallest absolute Gasteiger partial charge is 0.237 e. The van der Waals surface area contributed by atoms with Crippen LogP contribution in [0, 0.1) is 11.3 Å². The molecule has 2 N–H and O–H groups in total. The number of fused-ring (bicyclic) bond motifs is 1. The van der Waals surface area contributed by atoms with Crippen molar-refractivity contribution in [3.8, 4) is 6.07 Å². The molecule has 3 rings (SSSR count). The van der Waals surface area contributed by atoms with Gasteiger partial charge in [0.25, 0.3) is 0 Å². The molecule has 2 aromatic rings. The van der Waals surface area contributed by atoms with Gasteiger partial charge in [-0.3, -0.25) is 4.79 Å². The van der Waals surface area contributed by atoms with E-state index in [-0.39, 0.29) is 23.0 Å². The van der Waals surface area contributed by atoms with E-state index in [4.69, 9.17) is 11.0 Å². The molecule has 2 heterocycles. The molecule has 0 fully saturated rings. The first-order valence-corrected chi connectivity index (χ1v) is 9.66. The molecule has 25 heavy (non-hydrogen) atoms. The maximum atomic E-state index is 12.8. The highest BCUT2D eigenvalue weighted by Crippen LogP contribution is 2.37. The highest BCUT2D eigenvalue weighted by molar-refractivity contribution is 8.00. The van der Waals surface area contributed by atoms with E-state index < -0.39 is 0 Å². The fourth-order valence-electron chi connectivity index (χ4n) is 2.48. The molecule has 0 saturated heterocycles. The topological polar surface area (TPSA) is 95.9 Å². The predicted octanol–water partition coefficient (Wildman–Crippen LogP) is 2.94. The van der Waals surface area contributed by atoms with Crippen LogP contribution in [0.15, 0.2) is 40.5 Å². The summed E-state index contributed by atoms with van der Waals surface area (Å²) in [6.07, 6.45) is 2.32. The first-order chi connectivity index (χ1) is 12.1. The first-order valence-electron chi connectivity index (χ1n) is 7.80. The number of aromatic nitrogens is 2. The minimum atomic E-state index is 0.0127. The first kappa shape index (κ1) is 17.6. The second-order valence-corrected chi connectivity index (χ2v) is 8.00. The Labute approximate surface area is 154 Å². The molecular weight excluding hydrogens is 354 g/mol. The molecule has 0 radical (unpaired) electrons. The van der Waals surface area contributed by atoms with E-state index in [1.54, 1.807) is 11.8 Å². The van der Waals surface area contributed by atoms with Crippen molar-refractivity contribution in [2.45, 2.75) is 28.6 Å². The Morgan fingerprint density at radius 2 is 2.32 bits per heavy atom. The van der Waals surface area contributed by atoms with Crippen LogP contribution >= 0.6 is 23.5 Å². The normalized spacial score (nSPS) is 16.6. The Hall–Kier alpha value is -2.24. The number of anilines is 2. The van der Waals surface area contributed by atoms with Crippen molar-refractivity contribution in [3.63, 3.8) is 0 Å². The van der Waals surface area contributed by atoms with Crippen LogP contribution in [0.25, 0.3) is 0 Å². The minimum absolute atomic E-state index is 0.0127. The van der Waals surface area contributed by atoms with E-state index in [9.17, 15) is 4.79 Å². The highest BCUT2D eigenvalue weighted by Gasteiger charge is 2.24. The Kier molecular flexibility index (Phi) is 5.46. The third kappa shape index (κ3) is 4.06. The summed E-state index contributed by atoms with van der Waals surface area (Å²) >= 11 is 3.03. The van der Waals surface area contributed by atoms with Crippen LogP contribution in [0.2, 0.25) is 0 Å². The number of nitrogen functional groups attached to an aromatic ring is 1. The van der Waals surface area contributed by atoms with E-state index in [1.165, 1.54) is 18.0 Å². The Morgan fingerprint density at radius 1 is 1.52 bits per heavy atom. The number of nitriles is 1. The molecule has 1 aliphatic rings. The van der Waals surface area contributed by atoms with E-state index in [0.717, 1.165) is 17.0 Å². The molecule has 8 heteroatoms. The largest absolute Gasteiger partial charge is 0.382 e. The van der Waals surface area contributed by atoms with Gasteiger partial charge in [0.05, 0.1) is 17.6 Å². The van der Waals surface area contributed by atoms with E-state index in [1.807, 2.05) is 29.2 Å². The second-order valence-electron chi connectivity index (χ2n) is 5.58. The number of amides is 1. The number of hydrogen-bond donors (Lipinski definition) is 1. The summed E-state index contributed by atoms with van der Waals surface area (Å²) in [5.41, 5.74) is 6.90. The average molecular weight is 371 g/mol. The summed E-state index contributed by atoms with van der Waals surface area (Å²) in [5.74, 6) is 0.370. The number of para-hydroxylation sites is 1. The van der Waals surface area contributed by atoms with Gasteiger partial charge in [-0.15, -0.1) is 11.8 Å². The molecule has 0 saturated carbocycles. The molecule has 0 bridgehead atoms. The van der Waals surface area contributed by atoms with Gasteiger partial charge in [-0.2, -0.15) is 5.26 Å². The van der Waals surface area contributed by atoms with Gasteiger partial charge in [-0.05, 0) is 18.6 Å². The number of thioether (sulfide) groups is 2. The van der Waals surface area contributed by atoms with Crippen LogP contribution < -0.4 is 10.6 Å². The van der Waals surface area contributed by atoms with Crippen LogP contribution in [-0.2, 0) is 4.79 Å². The lowest BCUT2D eigenvalue weighted by Gasteiger charge is -2.22. The Bertz CT molecular complexity index is 836. The second kappa shape index (κ2) is 7.76. The summed E-state index contributed by atoms with van der Waals surface area (Å²) in [6, 6.07) is 9.91. The summed E-state index contributed by atoms with van der Waals surface area (Å²) in [6.45, 7) is 2.87. The van der Waals surface area contributed by atoms with Gasteiger partial charge in [-0.25, -0.2) is 9.97 Å². The average Bonchev–Trinajstić information content (AvgIpc) is 2.78. The van der Waals surface area contributed by atoms with Gasteiger partial charge in [0.1, 0.15) is 17.5 Å². The van der Waals surface area contributed by atoms with Crippen molar-refractivity contribution in [1.82, 2.24) is 9.97 Å². The third-order valence-corrected chi connectivity index (χ3v) is 5.87. The predicted molar refractivity (Wildman–Crippen MR) is 101 cm³/mol. The van der Waals surface area contributed by atoms with Gasteiger partial charge in [-0.1, -0.05) is 30.8 Å². The van der Waals surface area contributed by atoms with E-state index in [0.29, 0.717) is 17.0 Å². The van der Waals surface area contributed by atoms with Crippen molar-refractivity contribution in [1.29, 1.82) is 5.26 Å². The molecule has 1 aromatic heterocycles. The Morgan fingerprint density at radius 3 is 3.08 bits per heavy atom. The molecule has 0 aliphatic carbocycles. The van der Waals surface area contributed by atoms with Crippen molar-refractivity contribution < 1.29 is 4.79 Å². The van der Waals surface area contributed by atoms with Crippen molar-refractivity contribution in [3.05, 3.63) is 36.0 Å². The lowest BCUT2D eigenvalue weighted by atomic mass is 10.2. The maximum Gasteiger partial charge on any atom is 0.237 e. The van der Waals surface area contributed by atoms with Gasteiger partial charge in [0.2, 0.25) is 5.91 Å². The van der Waals surface area contributed by atoms with Gasteiger partial charge >= 0.3 is 0 Å². The van der Waals surface area contributed by atoms with Gasteiger partial charge in [0.15, 0.2) is 5.16 Å². The summed E-state index contributed by atoms with van der Waals surface area (Å²) in [5, 5.41) is 9.72. The SMILES string of the molecule is CC1CCN(C(=O)CSc2ncc(C#N)c(N)n2)c2ccccc2S1. The number of nitrogens with two attached hydrogens (primary N) is 1. The van der Waals surface area contributed by atoms with Gasteiger partial charge in [0, 0.05) is 16.7 Å². The lowest BCUT2D eigenvalue weighted by molar-refractivity contribution is -0.116. The van der Waals surface area contributed by atoms with Crippen LogP contribution in [0.3, 0.4) is 0 Å². The van der Waals surface area contributed by atoms with Crippen molar-refractivity contribution in [2.24, 2.45) is 0 Å². The van der Waals surface area contributed by atoms with E-state index in [2.05, 4.69) is 23.0 Å². The summed E-state index contributed by atoms with van der Waals surface area (Å²) < 4.78 is 0. The number of nitrogens with zero attached hydrogens (tertiary/aromatic N) is 4. The Balaban J connectivity index is 1.73. The molecular formula is C17H17N5OS2. The molecule has 6 nitrogen and oxygen atoms in total. The summed E-state index contributed by atoms with van der Waals surface area (Å²) in [4.78, 5) is 23.9. The number of rotatable bonds is 3. The maximum absolute atomic E-state index is 12.8. The highest BCUT2D eigenvalue weighted by atomic mass is 32.2. The van der Waals surface area contributed by atoms with Crippen molar-refractivity contribution in [2.75, 3.05) is 22.9 Å². The standard InChI is InChI=1S/C17H17N5OS2/c1-11-6-7-22(13-4-2-3-5-14(13)25-11)15(23)10-24-17-20-9-12(8-18)16(19)21-17/h2-5,9,11H,6-7,10H2,1H3,(H2,19,20,21). The number of carbonyl (C=O) groups excluding carboxylic acids is 1. The molecule has 1 aromatic carbocycles. The minimum Gasteiger partial charge on any atom is -0.382 e. The third-order valence-electron chi connectivity index (χ3n) is 3.79. The van der Waals surface area contributed by atoms with Gasteiger partial charge < -0.3 is 10.6 Å². The number of hydrogen-bond acceptors (Lipinski definition) is 7. The molecule has 0 spiro atoms. The monoisotopic (exact) mass is 371 g/mol. The van der Waals surface area contributed by atoms with Crippen LogP contribution in [-0.4, -0.2) is 33.4 Å². The zero-order chi connectivity index (χ0) is 17.8. The molecule has 1 amide bonds. The molecule has 128 valence electrons. The molecule has 1 aliphatic heterocycles.